The van der Waals surface area contributed by atoms with E-state index < -0.39 is 0 Å². The molecule has 2 aromatic heterocycles. The van der Waals surface area contributed by atoms with E-state index in [1.165, 1.54) is 11.3 Å². The van der Waals surface area contributed by atoms with E-state index in [1.807, 2.05) is 29.6 Å². The fraction of sp³-hybridized carbons (Fsp3) is 0.323. The fourth-order valence-corrected chi connectivity index (χ4v) is 4.90. The summed E-state index contributed by atoms with van der Waals surface area (Å²) in [5.74, 6) is 1.52. The second-order valence-corrected chi connectivity index (χ2v) is 12.7. The zero-order chi connectivity index (χ0) is 28.4. The Bertz CT molecular complexity index is 1440. The lowest BCUT2D eigenvalue weighted by molar-refractivity contribution is 0.0990. The molecule has 39 heavy (non-hydrogen) atoms. The van der Waals surface area contributed by atoms with Crippen molar-refractivity contribution in [3.8, 4) is 17.0 Å². The molecule has 0 bridgehead atoms. The Labute approximate surface area is 234 Å². The molecule has 0 saturated heterocycles. The Kier molecular flexibility index (Phi) is 8.09. The molecule has 8 heteroatoms. The molecule has 0 aliphatic heterocycles. The molecule has 0 atom stereocenters. The number of ketones is 1. The topological polar surface area (TPSA) is 116 Å². The molecule has 5 N–H and O–H groups in total. The van der Waals surface area contributed by atoms with Crippen molar-refractivity contribution in [2.45, 2.75) is 58.9 Å². The van der Waals surface area contributed by atoms with Gasteiger partial charge in [-0.3, -0.25) is 4.79 Å². The van der Waals surface area contributed by atoms with Crippen molar-refractivity contribution in [1.29, 1.82) is 0 Å². The number of imidazole rings is 1. The summed E-state index contributed by atoms with van der Waals surface area (Å²) in [6.45, 7) is 13.2. The average molecular weight is 544 g/mol. The van der Waals surface area contributed by atoms with Crippen LogP contribution in [0, 0.1) is 0 Å². The number of phenolic OH excluding ortho intramolecular Hbond substituents is 1. The lowest BCUT2D eigenvalue weighted by Gasteiger charge is -2.28. The SMILES string of the molecule is CC(C)(C)c1cc(-c2cnc(CNCC(=O)c3ccc(N=C(N)c4cccs4)cc3)[nH]2)cc(C(C)(C)C)c1O. The van der Waals surface area contributed by atoms with Gasteiger partial charge in [0.2, 0.25) is 0 Å². The molecule has 4 rings (SSSR count). The van der Waals surface area contributed by atoms with Gasteiger partial charge in [0.05, 0.1) is 35.5 Å². The van der Waals surface area contributed by atoms with Crippen LogP contribution in [-0.4, -0.2) is 33.2 Å². The number of aromatic hydroxyl groups is 1. The van der Waals surface area contributed by atoms with Gasteiger partial charge in [-0.2, -0.15) is 0 Å². The van der Waals surface area contributed by atoms with E-state index in [4.69, 9.17) is 5.73 Å². The Hall–Kier alpha value is -3.75. The van der Waals surface area contributed by atoms with Crippen LogP contribution < -0.4 is 11.1 Å². The van der Waals surface area contributed by atoms with Crippen LogP contribution >= 0.6 is 11.3 Å². The maximum atomic E-state index is 12.7. The third kappa shape index (κ3) is 6.82. The number of rotatable bonds is 8. The number of benzene rings is 2. The number of aromatic amines is 1. The summed E-state index contributed by atoms with van der Waals surface area (Å²) >= 11 is 1.53. The maximum absolute atomic E-state index is 12.7. The predicted molar refractivity (Wildman–Crippen MR) is 160 cm³/mol. The minimum absolute atomic E-state index is 0.0216. The number of hydrogen-bond donors (Lipinski definition) is 4. The van der Waals surface area contributed by atoms with E-state index in [0.717, 1.165) is 33.1 Å². The van der Waals surface area contributed by atoms with Gasteiger partial charge in [-0.15, -0.1) is 11.3 Å². The first-order chi connectivity index (χ1) is 18.3. The van der Waals surface area contributed by atoms with Crippen LogP contribution in [0.2, 0.25) is 0 Å². The van der Waals surface area contributed by atoms with E-state index in [2.05, 4.69) is 61.8 Å². The molecule has 7 nitrogen and oxygen atoms in total. The maximum Gasteiger partial charge on any atom is 0.176 e. The standard InChI is InChI=1S/C31H37N5O2S/c1-30(2,3)22-14-20(15-23(28(22)38)31(4,5)6)24-16-34-27(36-24)18-33-17-25(37)19-9-11-21(12-10-19)35-29(32)26-8-7-13-39-26/h7-16,33,38H,17-18H2,1-6H3,(H2,32,35)(H,34,36). The minimum Gasteiger partial charge on any atom is -0.507 e. The smallest absolute Gasteiger partial charge is 0.176 e. The molecule has 0 spiro atoms. The molecule has 0 aliphatic rings. The van der Waals surface area contributed by atoms with E-state index >= 15 is 0 Å². The number of aliphatic imine (C=N–C) groups is 1. The first-order valence-electron chi connectivity index (χ1n) is 13.0. The van der Waals surface area contributed by atoms with Crippen LogP contribution in [0.4, 0.5) is 5.69 Å². The molecule has 0 unspecified atom stereocenters. The van der Waals surface area contributed by atoms with Gasteiger partial charge in [0.1, 0.15) is 17.4 Å². The van der Waals surface area contributed by atoms with Gasteiger partial charge in [-0.05, 0) is 58.7 Å². The summed E-state index contributed by atoms with van der Waals surface area (Å²) in [6.07, 6.45) is 1.80. The van der Waals surface area contributed by atoms with Crippen molar-refractivity contribution in [2.75, 3.05) is 6.54 Å². The highest BCUT2D eigenvalue weighted by Crippen LogP contribution is 2.41. The summed E-state index contributed by atoms with van der Waals surface area (Å²) in [5, 5.41) is 16.1. The van der Waals surface area contributed by atoms with Crippen molar-refractivity contribution < 1.29 is 9.90 Å². The first-order valence-corrected chi connectivity index (χ1v) is 13.8. The number of thiophene rings is 1. The number of carbonyl (C=O) groups excluding carboxylic acids is 1. The highest BCUT2D eigenvalue weighted by Gasteiger charge is 2.27. The number of phenols is 1. The highest BCUT2D eigenvalue weighted by molar-refractivity contribution is 7.12. The quantitative estimate of drug-likeness (QED) is 0.116. The monoisotopic (exact) mass is 543 g/mol. The van der Waals surface area contributed by atoms with Crippen LogP contribution in [0.5, 0.6) is 5.75 Å². The number of carbonyl (C=O) groups is 1. The van der Waals surface area contributed by atoms with Gasteiger partial charge in [0.15, 0.2) is 5.78 Å². The second kappa shape index (κ2) is 11.2. The van der Waals surface area contributed by atoms with Gasteiger partial charge >= 0.3 is 0 Å². The number of hydrogen-bond acceptors (Lipinski definition) is 6. The van der Waals surface area contributed by atoms with Crippen LogP contribution in [0.25, 0.3) is 11.3 Å². The van der Waals surface area contributed by atoms with Crippen molar-refractivity contribution in [3.05, 3.63) is 87.5 Å². The number of nitrogens with one attached hydrogen (secondary N) is 2. The van der Waals surface area contributed by atoms with E-state index in [-0.39, 0.29) is 23.2 Å². The zero-order valence-corrected chi connectivity index (χ0v) is 24.2. The zero-order valence-electron chi connectivity index (χ0n) is 23.4. The molecular weight excluding hydrogens is 506 g/mol. The van der Waals surface area contributed by atoms with Gasteiger partial charge in [0.25, 0.3) is 0 Å². The highest BCUT2D eigenvalue weighted by atomic mass is 32.1. The number of amidine groups is 1. The lowest BCUT2D eigenvalue weighted by Crippen LogP contribution is -2.23. The van der Waals surface area contributed by atoms with Crippen LogP contribution in [0.3, 0.4) is 0 Å². The van der Waals surface area contributed by atoms with Crippen LogP contribution in [-0.2, 0) is 17.4 Å². The Balaban J connectivity index is 1.40. The Morgan fingerprint density at radius 3 is 2.26 bits per heavy atom. The summed E-state index contributed by atoms with van der Waals surface area (Å²) in [4.78, 5) is 25.9. The molecule has 0 saturated carbocycles. The molecule has 204 valence electrons. The van der Waals surface area contributed by atoms with E-state index in [9.17, 15) is 9.90 Å². The predicted octanol–water partition coefficient (Wildman–Crippen LogP) is 6.45. The normalized spacial score (nSPS) is 12.6. The Morgan fingerprint density at radius 2 is 1.69 bits per heavy atom. The number of H-pyrrole nitrogens is 1. The second-order valence-electron chi connectivity index (χ2n) is 11.7. The Morgan fingerprint density at radius 1 is 1.05 bits per heavy atom. The van der Waals surface area contributed by atoms with Crippen molar-refractivity contribution in [2.24, 2.45) is 10.7 Å². The van der Waals surface area contributed by atoms with E-state index in [1.54, 1.807) is 30.5 Å². The molecule has 2 aromatic carbocycles. The third-order valence-corrected chi connectivity index (χ3v) is 7.35. The van der Waals surface area contributed by atoms with Gasteiger partial charge in [0, 0.05) is 22.3 Å². The average Bonchev–Trinajstić information content (AvgIpc) is 3.56. The van der Waals surface area contributed by atoms with Crippen molar-refractivity contribution in [1.82, 2.24) is 15.3 Å². The lowest BCUT2D eigenvalue weighted by atomic mass is 9.78. The number of nitrogens with two attached hydrogens (primary N) is 1. The van der Waals surface area contributed by atoms with Gasteiger partial charge in [-0.25, -0.2) is 9.98 Å². The first kappa shape index (κ1) is 28.3. The molecule has 0 aliphatic carbocycles. The molecule has 0 fully saturated rings. The molecule has 4 aromatic rings. The largest absolute Gasteiger partial charge is 0.507 e. The number of aromatic nitrogens is 2. The third-order valence-electron chi connectivity index (χ3n) is 6.46. The molecular formula is C31H37N5O2S. The minimum atomic E-state index is -0.216. The van der Waals surface area contributed by atoms with Crippen LogP contribution in [0.1, 0.15) is 73.7 Å². The summed E-state index contributed by atoms with van der Waals surface area (Å²) in [7, 11) is 0. The number of Topliss-reactive ketones (excluding diaryl/α,β-unsaturated/α-hetero) is 1. The van der Waals surface area contributed by atoms with Crippen molar-refractivity contribution in [3.63, 3.8) is 0 Å². The summed E-state index contributed by atoms with van der Waals surface area (Å²) < 4.78 is 0. The van der Waals surface area contributed by atoms with E-state index in [0.29, 0.717) is 29.4 Å². The van der Waals surface area contributed by atoms with Crippen LogP contribution in [0.15, 0.2) is 65.1 Å². The summed E-state index contributed by atoms with van der Waals surface area (Å²) in [6, 6.07) is 15.0. The number of nitrogens with zero attached hydrogens (tertiary/aromatic N) is 2. The molecule has 0 amide bonds. The van der Waals surface area contributed by atoms with Crippen molar-refractivity contribution >= 4 is 28.6 Å². The summed E-state index contributed by atoms with van der Waals surface area (Å²) in [5.41, 5.74) is 10.6. The molecule has 2 heterocycles. The van der Waals surface area contributed by atoms with Gasteiger partial charge in [-0.1, -0.05) is 47.6 Å². The fourth-order valence-electron chi connectivity index (χ4n) is 4.27. The molecule has 0 radical (unpaired) electrons. The van der Waals surface area contributed by atoms with Gasteiger partial charge < -0.3 is 21.1 Å².